The van der Waals surface area contributed by atoms with E-state index in [1.165, 1.54) is 12.8 Å². The maximum absolute atomic E-state index is 12.9. The van der Waals surface area contributed by atoms with Crippen LogP contribution in [0.1, 0.15) is 60.7 Å². The van der Waals surface area contributed by atoms with Gasteiger partial charge in [0, 0.05) is 36.7 Å². The molecule has 0 aliphatic carbocycles. The Morgan fingerprint density at radius 1 is 1.03 bits per heavy atom. The Labute approximate surface area is 195 Å². The molecular weight excluding hydrogens is 414 g/mol. The van der Waals surface area contributed by atoms with Crippen LogP contribution in [0, 0.1) is 6.92 Å². The average molecular weight is 448 g/mol. The van der Waals surface area contributed by atoms with Crippen molar-refractivity contribution in [2.75, 3.05) is 37.6 Å². The number of aryl methyl sites for hydroxylation is 1. The lowest BCUT2D eigenvalue weighted by atomic mass is 9.95. The summed E-state index contributed by atoms with van der Waals surface area (Å²) in [6.07, 6.45) is 5.50. The zero-order valence-electron chi connectivity index (χ0n) is 19.5. The standard InChI is InChI=1S/C26H33N5O2/c1-19-22-11-12-23(32)31(16-20-8-3-2-4-9-20)26(22)28-25(27-19)21-10-7-15-30(17-21)24(33)18-29-13-5-6-14-29/h2-4,8-9,21H,5-7,10-18H2,1H3. The number of hydrogen-bond acceptors (Lipinski definition) is 5. The lowest BCUT2D eigenvalue weighted by Crippen LogP contribution is -2.44. The van der Waals surface area contributed by atoms with Gasteiger partial charge in [-0.2, -0.15) is 0 Å². The van der Waals surface area contributed by atoms with E-state index in [0.29, 0.717) is 32.5 Å². The van der Waals surface area contributed by atoms with Gasteiger partial charge in [0.2, 0.25) is 11.8 Å². The van der Waals surface area contributed by atoms with Crippen LogP contribution in [0.3, 0.4) is 0 Å². The summed E-state index contributed by atoms with van der Waals surface area (Å²) in [5, 5.41) is 0. The third kappa shape index (κ3) is 4.78. The smallest absolute Gasteiger partial charge is 0.236 e. The van der Waals surface area contributed by atoms with Gasteiger partial charge in [-0.25, -0.2) is 9.97 Å². The molecule has 4 heterocycles. The topological polar surface area (TPSA) is 69.6 Å². The molecule has 0 bridgehead atoms. The van der Waals surface area contributed by atoms with Crippen molar-refractivity contribution in [3.63, 3.8) is 0 Å². The Hall–Kier alpha value is -2.80. The second-order valence-electron chi connectivity index (χ2n) is 9.60. The minimum absolute atomic E-state index is 0.112. The Kier molecular flexibility index (Phi) is 6.40. The van der Waals surface area contributed by atoms with Crippen LogP contribution in [0.4, 0.5) is 5.82 Å². The normalized spacial score (nSPS) is 21.4. The minimum atomic E-state index is 0.112. The molecule has 1 unspecified atom stereocenters. The average Bonchev–Trinajstić information content (AvgIpc) is 3.34. The number of likely N-dealkylation sites (tertiary alicyclic amines) is 2. The summed E-state index contributed by atoms with van der Waals surface area (Å²) in [4.78, 5) is 41.7. The summed E-state index contributed by atoms with van der Waals surface area (Å²) in [7, 11) is 0. The fourth-order valence-corrected chi connectivity index (χ4v) is 5.36. The number of piperidine rings is 1. The highest BCUT2D eigenvalue weighted by molar-refractivity contribution is 5.95. The van der Waals surface area contributed by atoms with Crippen LogP contribution in [0.5, 0.6) is 0 Å². The van der Waals surface area contributed by atoms with E-state index in [-0.39, 0.29) is 17.7 Å². The quantitative estimate of drug-likeness (QED) is 0.705. The van der Waals surface area contributed by atoms with Crippen molar-refractivity contribution >= 4 is 17.6 Å². The van der Waals surface area contributed by atoms with Crippen LogP contribution in [0.2, 0.25) is 0 Å². The van der Waals surface area contributed by atoms with E-state index in [1.807, 2.05) is 47.1 Å². The van der Waals surface area contributed by atoms with Gasteiger partial charge in [0.25, 0.3) is 0 Å². The molecule has 33 heavy (non-hydrogen) atoms. The maximum Gasteiger partial charge on any atom is 0.236 e. The van der Waals surface area contributed by atoms with Gasteiger partial charge >= 0.3 is 0 Å². The molecule has 0 radical (unpaired) electrons. The summed E-state index contributed by atoms with van der Waals surface area (Å²) in [6, 6.07) is 10.1. The molecular formula is C26H33N5O2. The number of carbonyl (C=O) groups excluding carboxylic acids is 2. The lowest BCUT2D eigenvalue weighted by Gasteiger charge is -2.34. The summed E-state index contributed by atoms with van der Waals surface area (Å²) in [5.74, 6) is 1.98. The first-order valence-corrected chi connectivity index (χ1v) is 12.3. The molecule has 7 heteroatoms. The molecule has 0 N–H and O–H groups in total. The third-order valence-corrected chi connectivity index (χ3v) is 7.24. The number of rotatable bonds is 5. The van der Waals surface area contributed by atoms with Crippen molar-refractivity contribution < 1.29 is 9.59 Å². The zero-order valence-corrected chi connectivity index (χ0v) is 19.5. The molecule has 2 aromatic rings. The van der Waals surface area contributed by atoms with Crippen molar-refractivity contribution in [3.05, 3.63) is 53.0 Å². The van der Waals surface area contributed by atoms with Gasteiger partial charge in [0.15, 0.2) is 0 Å². The van der Waals surface area contributed by atoms with Crippen LogP contribution in [-0.4, -0.2) is 64.3 Å². The number of nitrogens with zero attached hydrogens (tertiary/aromatic N) is 5. The van der Waals surface area contributed by atoms with Gasteiger partial charge in [-0.1, -0.05) is 30.3 Å². The molecule has 0 spiro atoms. The number of fused-ring (bicyclic) bond motifs is 1. The predicted octanol–water partition coefficient (Wildman–Crippen LogP) is 3.07. The van der Waals surface area contributed by atoms with Gasteiger partial charge in [-0.3, -0.25) is 19.4 Å². The SMILES string of the molecule is Cc1nc(C2CCCN(C(=O)CN3CCCC3)C2)nc2c1CCC(=O)N2Cc1ccccc1. The first-order chi connectivity index (χ1) is 16.1. The Balaban J connectivity index is 1.37. The van der Waals surface area contributed by atoms with Crippen molar-refractivity contribution in [2.24, 2.45) is 0 Å². The number of benzene rings is 1. The van der Waals surface area contributed by atoms with Crippen LogP contribution in [-0.2, 0) is 22.6 Å². The number of anilines is 1. The molecule has 3 aliphatic rings. The molecule has 2 saturated heterocycles. The predicted molar refractivity (Wildman–Crippen MR) is 127 cm³/mol. The van der Waals surface area contributed by atoms with E-state index in [9.17, 15) is 9.59 Å². The van der Waals surface area contributed by atoms with Gasteiger partial charge < -0.3 is 4.90 Å². The first-order valence-electron chi connectivity index (χ1n) is 12.3. The Morgan fingerprint density at radius 2 is 1.82 bits per heavy atom. The summed E-state index contributed by atoms with van der Waals surface area (Å²) in [6.45, 7) is 6.61. The third-order valence-electron chi connectivity index (χ3n) is 7.24. The van der Waals surface area contributed by atoms with Crippen molar-refractivity contribution in [2.45, 2.75) is 57.9 Å². The molecule has 3 aliphatic heterocycles. The van der Waals surface area contributed by atoms with E-state index in [4.69, 9.17) is 9.97 Å². The van der Waals surface area contributed by atoms with Crippen molar-refractivity contribution in [1.29, 1.82) is 0 Å². The molecule has 0 saturated carbocycles. The highest BCUT2D eigenvalue weighted by Gasteiger charge is 2.32. The van der Waals surface area contributed by atoms with E-state index in [2.05, 4.69) is 4.90 Å². The second-order valence-corrected chi connectivity index (χ2v) is 9.60. The first kappa shape index (κ1) is 22.0. The molecule has 1 atom stereocenters. The number of amides is 2. The lowest BCUT2D eigenvalue weighted by molar-refractivity contribution is -0.133. The maximum atomic E-state index is 12.9. The van der Waals surface area contributed by atoms with E-state index in [0.717, 1.165) is 60.9 Å². The van der Waals surface area contributed by atoms with Crippen LogP contribution >= 0.6 is 0 Å². The van der Waals surface area contributed by atoms with Gasteiger partial charge in [-0.15, -0.1) is 0 Å². The fourth-order valence-electron chi connectivity index (χ4n) is 5.36. The molecule has 174 valence electrons. The van der Waals surface area contributed by atoms with Gasteiger partial charge in [0.05, 0.1) is 13.1 Å². The molecule has 1 aromatic heterocycles. The Bertz CT molecular complexity index is 1020. The minimum Gasteiger partial charge on any atom is -0.341 e. The van der Waals surface area contributed by atoms with Crippen molar-refractivity contribution in [3.8, 4) is 0 Å². The number of aromatic nitrogens is 2. The summed E-state index contributed by atoms with van der Waals surface area (Å²) < 4.78 is 0. The van der Waals surface area contributed by atoms with E-state index in [1.54, 1.807) is 0 Å². The molecule has 2 amide bonds. The van der Waals surface area contributed by atoms with E-state index < -0.39 is 0 Å². The monoisotopic (exact) mass is 447 g/mol. The molecule has 5 rings (SSSR count). The van der Waals surface area contributed by atoms with Crippen LogP contribution in [0.25, 0.3) is 0 Å². The zero-order chi connectivity index (χ0) is 22.8. The second kappa shape index (κ2) is 9.59. The molecule has 7 nitrogen and oxygen atoms in total. The largest absolute Gasteiger partial charge is 0.341 e. The Morgan fingerprint density at radius 3 is 2.61 bits per heavy atom. The van der Waals surface area contributed by atoms with Crippen LogP contribution < -0.4 is 4.90 Å². The summed E-state index contributed by atoms with van der Waals surface area (Å²) >= 11 is 0. The van der Waals surface area contributed by atoms with Gasteiger partial charge in [0.1, 0.15) is 11.6 Å². The van der Waals surface area contributed by atoms with Gasteiger partial charge in [-0.05, 0) is 57.7 Å². The molecule has 2 fully saturated rings. The number of carbonyl (C=O) groups is 2. The fraction of sp³-hybridized carbons (Fsp3) is 0.538. The van der Waals surface area contributed by atoms with Crippen molar-refractivity contribution in [1.82, 2.24) is 19.8 Å². The molecule has 1 aromatic carbocycles. The highest BCUT2D eigenvalue weighted by atomic mass is 16.2. The summed E-state index contributed by atoms with van der Waals surface area (Å²) in [5.41, 5.74) is 3.13. The van der Waals surface area contributed by atoms with E-state index >= 15 is 0 Å². The number of hydrogen-bond donors (Lipinski definition) is 0. The van der Waals surface area contributed by atoms with Crippen LogP contribution in [0.15, 0.2) is 30.3 Å². The highest BCUT2D eigenvalue weighted by Crippen LogP contribution is 2.33.